The van der Waals surface area contributed by atoms with Crippen molar-refractivity contribution in [1.29, 1.82) is 0 Å². The maximum Gasteiger partial charge on any atom is 0.573 e. The third kappa shape index (κ3) is 5.70. The van der Waals surface area contributed by atoms with Crippen molar-refractivity contribution < 1.29 is 32.2 Å². The largest absolute Gasteiger partial charge is 0.573 e. The van der Waals surface area contributed by atoms with Gasteiger partial charge in [0, 0.05) is 25.1 Å². The van der Waals surface area contributed by atoms with Crippen LogP contribution < -0.4 is 15.8 Å². The molecule has 1 aromatic heterocycles. The molecule has 1 fully saturated rings. The quantitative estimate of drug-likeness (QED) is 0.695. The van der Waals surface area contributed by atoms with Crippen molar-refractivity contribution in [2.45, 2.75) is 52.6 Å². The van der Waals surface area contributed by atoms with Crippen LogP contribution in [0.2, 0.25) is 0 Å². The van der Waals surface area contributed by atoms with Crippen molar-refractivity contribution in [3.8, 4) is 5.75 Å². The zero-order chi connectivity index (χ0) is 23.7. The summed E-state index contributed by atoms with van der Waals surface area (Å²) in [5.74, 6) is -1.64. The summed E-state index contributed by atoms with van der Waals surface area (Å²) in [5.41, 5.74) is 5.16. The van der Waals surface area contributed by atoms with Crippen LogP contribution in [0.25, 0.3) is 10.9 Å². The van der Waals surface area contributed by atoms with Crippen LogP contribution in [0.15, 0.2) is 18.2 Å². The number of fused-ring (bicyclic) bond motifs is 1. The number of ether oxygens (including phenoxy) is 2. The van der Waals surface area contributed by atoms with Gasteiger partial charge in [0.2, 0.25) is 5.91 Å². The van der Waals surface area contributed by atoms with E-state index in [2.05, 4.69) is 15.2 Å². The number of aromatic nitrogens is 2. The van der Waals surface area contributed by atoms with Gasteiger partial charge >= 0.3 is 6.36 Å². The molecule has 8 nitrogen and oxygen atoms in total. The van der Waals surface area contributed by atoms with Gasteiger partial charge in [-0.25, -0.2) is 0 Å². The van der Waals surface area contributed by atoms with Gasteiger partial charge in [-0.2, -0.15) is 5.10 Å². The van der Waals surface area contributed by atoms with Crippen LogP contribution in [-0.2, 0) is 16.1 Å². The Balaban J connectivity index is 2.00. The average Bonchev–Trinajstić information content (AvgIpc) is 3.02. The van der Waals surface area contributed by atoms with Gasteiger partial charge in [0.15, 0.2) is 5.69 Å². The first-order valence-electron chi connectivity index (χ1n) is 10.3. The number of nitrogens with two attached hydrogens (primary N) is 1. The Labute approximate surface area is 183 Å². The number of nitrogens with one attached hydrogen (secondary N) is 1. The lowest BCUT2D eigenvalue weighted by atomic mass is 9.86. The lowest BCUT2D eigenvalue weighted by molar-refractivity contribution is -0.274. The zero-order valence-electron chi connectivity index (χ0n) is 18.2. The molecule has 1 aliphatic rings. The molecule has 1 aromatic carbocycles. The molecule has 11 heteroatoms. The summed E-state index contributed by atoms with van der Waals surface area (Å²) >= 11 is 0. The van der Waals surface area contributed by atoms with Crippen LogP contribution >= 0.6 is 0 Å². The topological polar surface area (TPSA) is 108 Å². The predicted octanol–water partition coefficient (Wildman–Crippen LogP) is 2.99. The molecule has 0 radical (unpaired) electrons. The molecule has 2 heterocycles. The highest BCUT2D eigenvalue weighted by molar-refractivity contribution is 6.06. The monoisotopic (exact) mass is 456 g/mol. The second-order valence-corrected chi connectivity index (χ2v) is 8.99. The maximum atomic E-state index is 13.0. The summed E-state index contributed by atoms with van der Waals surface area (Å²) in [6.07, 6.45) is -3.25. The summed E-state index contributed by atoms with van der Waals surface area (Å²) in [4.78, 5) is 24.9. The highest BCUT2D eigenvalue weighted by atomic mass is 19.4. The first-order chi connectivity index (χ1) is 14.8. The fraction of sp³-hybridized carbons (Fsp3) is 0.571. The number of alkyl halides is 3. The van der Waals surface area contributed by atoms with Crippen LogP contribution in [0.3, 0.4) is 0 Å². The van der Waals surface area contributed by atoms with Crippen molar-refractivity contribution in [3.05, 3.63) is 23.9 Å². The molecule has 1 atom stereocenters. The Bertz CT molecular complexity index is 991. The number of hydrogen-bond acceptors (Lipinski definition) is 5. The van der Waals surface area contributed by atoms with Crippen LogP contribution in [0.5, 0.6) is 5.75 Å². The summed E-state index contributed by atoms with van der Waals surface area (Å²) in [5, 5.41) is 7.16. The van der Waals surface area contributed by atoms with E-state index in [0.29, 0.717) is 25.3 Å². The number of nitrogens with zero attached hydrogens (tertiary/aromatic N) is 2. The summed E-state index contributed by atoms with van der Waals surface area (Å²) < 4.78 is 49.2. The first-order valence-corrected chi connectivity index (χ1v) is 10.3. The van der Waals surface area contributed by atoms with Gasteiger partial charge in [-0.15, -0.1) is 13.2 Å². The minimum atomic E-state index is -4.88. The molecule has 3 rings (SSSR count). The maximum absolute atomic E-state index is 13.0. The highest BCUT2D eigenvalue weighted by Crippen LogP contribution is 2.30. The van der Waals surface area contributed by atoms with Gasteiger partial charge in [0.1, 0.15) is 11.8 Å². The molecule has 176 valence electrons. The molecule has 0 bridgehead atoms. The van der Waals surface area contributed by atoms with E-state index >= 15 is 0 Å². The van der Waals surface area contributed by atoms with E-state index in [0.717, 1.165) is 18.9 Å². The highest BCUT2D eigenvalue weighted by Gasteiger charge is 2.34. The number of hydrogen-bond donors (Lipinski definition) is 2. The molecule has 1 aliphatic heterocycles. The Morgan fingerprint density at radius 2 is 1.94 bits per heavy atom. The average molecular weight is 456 g/mol. The molecule has 1 saturated heterocycles. The van der Waals surface area contributed by atoms with Crippen LogP contribution in [0, 0.1) is 11.3 Å². The summed E-state index contributed by atoms with van der Waals surface area (Å²) in [6, 6.07) is 2.75. The molecule has 2 amide bonds. The van der Waals surface area contributed by atoms with Gasteiger partial charge in [-0.3, -0.25) is 14.3 Å². The van der Waals surface area contributed by atoms with Crippen molar-refractivity contribution in [3.63, 3.8) is 0 Å². The van der Waals surface area contributed by atoms with Crippen LogP contribution in [0.4, 0.5) is 13.2 Å². The lowest BCUT2D eigenvalue weighted by Gasteiger charge is -2.28. The number of benzene rings is 1. The number of primary amides is 1. The van der Waals surface area contributed by atoms with E-state index in [1.54, 1.807) is 25.5 Å². The number of amides is 2. The van der Waals surface area contributed by atoms with E-state index < -0.39 is 35.4 Å². The third-order valence-corrected chi connectivity index (χ3v) is 5.37. The van der Waals surface area contributed by atoms with Crippen molar-refractivity contribution >= 4 is 22.7 Å². The van der Waals surface area contributed by atoms with Gasteiger partial charge in [0.25, 0.3) is 5.91 Å². The molecule has 0 aliphatic carbocycles. The van der Waals surface area contributed by atoms with E-state index in [1.807, 2.05) is 0 Å². The van der Waals surface area contributed by atoms with E-state index in [-0.39, 0.29) is 17.0 Å². The fourth-order valence-electron chi connectivity index (χ4n) is 3.75. The summed E-state index contributed by atoms with van der Waals surface area (Å²) in [6.45, 7) is 6.92. The Kier molecular flexibility index (Phi) is 6.68. The van der Waals surface area contributed by atoms with E-state index in [1.165, 1.54) is 12.1 Å². The van der Waals surface area contributed by atoms with Gasteiger partial charge < -0.3 is 20.5 Å². The van der Waals surface area contributed by atoms with Gasteiger partial charge in [-0.1, -0.05) is 20.8 Å². The second kappa shape index (κ2) is 8.97. The Hall–Kier alpha value is -2.82. The van der Waals surface area contributed by atoms with Crippen LogP contribution in [-0.4, -0.2) is 47.2 Å². The Morgan fingerprint density at radius 1 is 1.28 bits per heavy atom. The minimum absolute atomic E-state index is 0.102. The molecule has 1 unspecified atom stereocenters. The second-order valence-electron chi connectivity index (χ2n) is 8.99. The van der Waals surface area contributed by atoms with E-state index in [9.17, 15) is 22.8 Å². The van der Waals surface area contributed by atoms with Crippen molar-refractivity contribution in [1.82, 2.24) is 15.1 Å². The molecule has 32 heavy (non-hydrogen) atoms. The normalized spacial score (nSPS) is 16.7. The van der Waals surface area contributed by atoms with Crippen molar-refractivity contribution in [2.24, 2.45) is 17.1 Å². The number of halogens is 3. The lowest BCUT2D eigenvalue weighted by Crippen LogP contribution is -2.52. The summed E-state index contributed by atoms with van der Waals surface area (Å²) in [7, 11) is 0. The third-order valence-electron chi connectivity index (χ3n) is 5.37. The molecule has 0 saturated carbocycles. The van der Waals surface area contributed by atoms with E-state index in [4.69, 9.17) is 10.5 Å². The molecule has 2 aromatic rings. The molecule has 0 spiro atoms. The molecular formula is C21H27F3N4O4. The smallest absolute Gasteiger partial charge is 0.406 e. The Morgan fingerprint density at radius 3 is 2.50 bits per heavy atom. The number of rotatable bonds is 6. The predicted molar refractivity (Wildman–Crippen MR) is 110 cm³/mol. The van der Waals surface area contributed by atoms with Crippen LogP contribution in [0.1, 0.15) is 44.1 Å². The molecule has 3 N–H and O–H groups in total. The number of carbonyl (C=O) groups is 2. The number of carbonyl (C=O) groups excluding carboxylic acids is 2. The zero-order valence-corrected chi connectivity index (χ0v) is 18.2. The fourth-order valence-corrected chi connectivity index (χ4v) is 3.75. The van der Waals surface area contributed by atoms with Crippen molar-refractivity contribution in [2.75, 3.05) is 13.2 Å². The molecular weight excluding hydrogens is 429 g/mol. The van der Waals surface area contributed by atoms with Gasteiger partial charge in [-0.05, 0) is 42.4 Å². The first kappa shape index (κ1) is 23.8. The minimum Gasteiger partial charge on any atom is -0.406 e. The van der Waals surface area contributed by atoms with Gasteiger partial charge in [0.05, 0.1) is 5.52 Å². The SMILES string of the molecule is CC(C)(C)C(NC(=O)c1nn(CC2CCOCC2)c2ccc(OC(F)(F)F)cc12)C(N)=O. The standard InChI is InChI=1S/C21H27F3N4O4/c1-20(2,3)17(18(25)29)26-19(30)16-14-10-13(32-21(22,23)24)4-5-15(14)28(27-16)11-12-6-8-31-9-7-12/h4-5,10,12,17H,6-9,11H2,1-3H3,(H2,25,29)(H,26,30).